The Morgan fingerprint density at radius 3 is 1.62 bits per heavy atom. The highest BCUT2D eigenvalue weighted by molar-refractivity contribution is 5.91. The smallest absolute Gasteiger partial charge is 0.331 e. The number of carbonyl (C=O) groups is 2. The van der Waals surface area contributed by atoms with E-state index in [0.29, 0.717) is 0 Å². The first-order chi connectivity index (χ1) is 12.7. The van der Waals surface area contributed by atoms with Gasteiger partial charge < -0.3 is 9.47 Å². The molecule has 4 nitrogen and oxygen atoms in total. The van der Waals surface area contributed by atoms with Gasteiger partial charge in [0.25, 0.3) is 0 Å². The van der Waals surface area contributed by atoms with E-state index in [4.69, 9.17) is 9.47 Å². The fraction of sp³-hybridized carbons (Fsp3) is 0.273. The van der Waals surface area contributed by atoms with Crippen molar-refractivity contribution < 1.29 is 19.1 Å². The van der Waals surface area contributed by atoms with Gasteiger partial charge in [-0.1, -0.05) is 48.5 Å². The number of hydrogen-bond donors (Lipinski definition) is 0. The monoisotopic (exact) mass is 348 g/mol. The highest BCUT2D eigenvalue weighted by Gasteiger charge is 2.26. The van der Waals surface area contributed by atoms with Gasteiger partial charge >= 0.3 is 11.9 Å². The molecule has 0 saturated carbocycles. The van der Waals surface area contributed by atoms with Crippen LogP contribution < -0.4 is 0 Å². The normalized spacial score (nSPS) is 20.6. The predicted molar refractivity (Wildman–Crippen MR) is 96.3 cm³/mol. The topological polar surface area (TPSA) is 52.6 Å². The summed E-state index contributed by atoms with van der Waals surface area (Å²) in [4.78, 5) is 24.1. The Morgan fingerprint density at radius 2 is 1.15 bits per heavy atom. The minimum Gasteiger partial charge on any atom is -0.454 e. The van der Waals surface area contributed by atoms with Crippen molar-refractivity contribution in [1.82, 2.24) is 0 Å². The largest absolute Gasteiger partial charge is 0.454 e. The van der Waals surface area contributed by atoms with Crippen molar-refractivity contribution in [3.63, 3.8) is 0 Å². The second-order valence-electron chi connectivity index (χ2n) is 6.66. The summed E-state index contributed by atoms with van der Waals surface area (Å²) in [5.41, 5.74) is 4.54. The molecule has 132 valence electrons. The molecular formula is C22H20O4. The molecule has 2 aliphatic carbocycles. The van der Waals surface area contributed by atoms with Gasteiger partial charge in [-0.15, -0.1) is 0 Å². The van der Waals surface area contributed by atoms with Gasteiger partial charge in [0, 0.05) is 12.2 Å². The zero-order valence-electron chi connectivity index (χ0n) is 14.4. The van der Waals surface area contributed by atoms with Crippen molar-refractivity contribution in [3.05, 3.63) is 82.9 Å². The lowest BCUT2D eigenvalue weighted by molar-refractivity contribution is -0.146. The van der Waals surface area contributed by atoms with Crippen LogP contribution in [0.15, 0.2) is 60.7 Å². The minimum absolute atomic E-state index is 0.235. The Hall–Kier alpha value is -2.88. The Labute approximate surface area is 152 Å². The molecular weight excluding hydrogens is 328 g/mol. The molecule has 2 aromatic rings. The molecule has 0 heterocycles. The van der Waals surface area contributed by atoms with Crippen molar-refractivity contribution in [2.75, 3.05) is 0 Å². The fourth-order valence-electron chi connectivity index (χ4n) is 3.78. The molecule has 0 saturated heterocycles. The SMILES string of the molecule is O=C(/C=C/C(=O)OC1CCc2ccccc21)OC1CCc2ccccc21. The number of fused-ring (bicyclic) bond motifs is 2. The zero-order valence-corrected chi connectivity index (χ0v) is 14.4. The van der Waals surface area contributed by atoms with Gasteiger partial charge in [-0.25, -0.2) is 9.59 Å². The van der Waals surface area contributed by atoms with E-state index >= 15 is 0 Å². The average Bonchev–Trinajstić information content (AvgIpc) is 3.25. The summed E-state index contributed by atoms with van der Waals surface area (Å²) in [5.74, 6) is -1.04. The first-order valence-electron chi connectivity index (χ1n) is 8.95. The molecule has 4 heteroatoms. The van der Waals surface area contributed by atoms with Crippen LogP contribution in [0.2, 0.25) is 0 Å². The maximum absolute atomic E-state index is 12.0. The van der Waals surface area contributed by atoms with Gasteiger partial charge in [0.1, 0.15) is 12.2 Å². The van der Waals surface area contributed by atoms with Crippen molar-refractivity contribution in [2.24, 2.45) is 0 Å². The Bertz CT molecular complexity index is 796. The molecule has 0 aromatic heterocycles. The summed E-state index contributed by atoms with van der Waals surface area (Å²) in [6.07, 6.45) is 5.21. The molecule has 0 fully saturated rings. The van der Waals surface area contributed by atoms with Crippen LogP contribution in [0.4, 0.5) is 0 Å². The van der Waals surface area contributed by atoms with Crippen LogP contribution in [0.3, 0.4) is 0 Å². The van der Waals surface area contributed by atoms with E-state index in [2.05, 4.69) is 12.1 Å². The lowest BCUT2D eigenvalue weighted by Gasteiger charge is -2.12. The molecule has 2 unspecified atom stereocenters. The quantitative estimate of drug-likeness (QED) is 0.619. The number of hydrogen-bond acceptors (Lipinski definition) is 4. The van der Waals surface area contributed by atoms with Crippen LogP contribution >= 0.6 is 0 Å². The molecule has 0 spiro atoms. The molecule has 0 amide bonds. The predicted octanol–water partition coefficient (Wildman–Crippen LogP) is 4.00. The van der Waals surface area contributed by atoms with E-state index in [-0.39, 0.29) is 12.2 Å². The van der Waals surface area contributed by atoms with E-state index in [0.717, 1.165) is 49.0 Å². The molecule has 0 aliphatic heterocycles. The van der Waals surface area contributed by atoms with Crippen molar-refractivity contribution in [2.45, 2.75) is 37.9 Å². The van der Waals surface area contributed by atoms with Gasteiger partial charge in [-0.3, -0.25) is 0 Å². The van der Waals surface area contributed by atoms with Crippen LogP contribution in [0.1, 0.15) is 47.3 Å². The summed E-state index contributed by atoms with van der Waals surface area (Å²) in [6.45, 7) is 0. The van der Waals surface area contributed by atoms with E-state index in [9.17, 15) is 9.59 Å². The lowest BCUT2D eigenvalue weighted by Crippen LogP contribution is -2.09. The summed E-state index contributed by atoms with van der Waals surface area (Å²) < 4.78 is 11.0. The third-order valence-corrected chi connectivity index (χ3v) is 5.03. The number of aryl methyl sites for hydroxylation is 2. The molecule has 26 heavy (non-hydrogen) atoms. The molecule has 0 N–H and O–H groups in total. The van der Waals surface area contributed by atoms with Gasteiger partial charge in [0.05, 0.1) is 0 Å². The van der Waals surface area contributed by atoms with Gasteiger partial charge in [-0.2, -0.15) is 0 Å². The van der Waals surface area contributed by atoms with Crippen molar-refractivity contribution in [3.8, 4) is 0 Å². The molecule has 2 aliphatic rings. The first kappa shape index (κ1) is 16.6. The number of esters is 2. The fourth-order valence-corrected chi connectivity index (χ4v) is 3.78. The summed E-state index contributed by atoms with van der Waals surface area (Å²) in [6, 6.07) is 15.9. The minimum atomic E-state index is -0.518. The van der Waals surface area contributed by atoms with E-state index in [1.165, 1.54) is 11.1 Å². The van der Waals surface area contributed by atoms with Gasteiger partial charge in [-0.05, 0) is 47.9 Å². The van der Waals surface area contributed by atoms with Crippen LogP contribution in [0.5, 0.6) is 0 Å². The van der Waals surface area contributed by atoms with E-state index in [1.807, 2.05) is 36.4 Å². The highest BCUT2D eigenvalue weighted by Crippen LogP contribution is 2.34. The highest BCUT2D eigenvalue weighted by atomic mass is 16.5. The molecule has 4 rings (SSSR count). The van der Waals surface area contributed by atoms with Crippen LogP contribution in [0.25, 0.3) is 0 Å². The number of benzene rings is 2. The second kappa shape index (κ2) is 7.16. The Morgan fingerprint density at radius 1 is 0.731 bits per heavy atom. The molecule has 2 atom stereocenters. The zero-order chi connectivity index (χ0) is 17.9. The van der Waals surface area contributed by atoms with Gasteiger partial charge in [0.15, 0.2) is 0 Å². The number of carbonyl (C=O) groups excluding carboxylic acids is 2. The maximum atomic E-state index is 12.0. The third-order valence-electron chi connectivity index (χ3n) is 5.03. The maximum Gasteiger partial charge on any atom is 0.331 e. The van der Waals surface area contributed by atoms with Crippen LogP contribution in [-0.4, -0.2) is 11.9 Å². The summed E-state index contributed by atoms with van der Waals surface area (Å²) >= 11 is 0. The summed E-state index contributed by atoms with van der Waals surface area (Å²) in [5, 5.41) is 0. The summed E-state index contributed by atoms with van der Waals surface area (Å²) in [7, 11) is 0. The average molecular weight is 348 g/mol. The van der Waals surface area contributed by atoms with Crippen LogP contribution in [-0.2, 0) is 31.9 Å². The molecule has 2 aromatic carbocycles. The van der Waals surface area contributed by atoms with Gasteiger partial charge in [0.2, 0.25) is 0 Å². The number of ether oxygens (including phenoxy) is 2. The van der Waals surface area contributed by atoms with E-state index < -0.39 is 11.9 Å². The Balaban J connectivity index is 1.32. The van der Waals surface area contributed by atoms with Crippen LogP contribution in [0, 0.1) is 0 Å². The first-order valence-corrected chi connectivity index (χ1v) is 8.95. The Kier molecular flexibility index (Phi) is 4.57. The van der Waals surface area contributed by atoms with E-state index in [1.54, 1.807) is 0 Å². The standard InChI is InChI=1S/C22H20O4/c23-21(25-19-11-9-15-5-1-3-7-17(15)19)13-14-22(24)26-20-12-10-16-6-2-4-8-18(16)20/h1-8,13-14,19-20H,9-12H2/b14-13+. The molecule has 0 bridgehead atoms. The third kappa shape index (κ3) is 3.40. The second-order valence-corrected chi connectivity index (χ2v) is 6.66. The van der Waals surface area contributed by atoms with Crippen molar-refractivity contribution >= 4 is 11.9 Å². The lowest BCUT2D eigenvalue weighted by atomic mass is 10.1. The molecule has 0 radical (unpaired) electrons. The van der Waals surface area contributed by atoms with Crippen molar-refractivity contribution in [1.29, 1.82) is 0 Å². The number of rotatable bonds is 4.